The number of rotatable bonds is 12. The van der Waals surface area contributed by atoms with Gasteiger partial charge in [0.25, 0.3) is 6.47 Å². The summed E-state index contributed by atoms with van der Waals surface area (Å²) in [6.45, 7) is 8.91. The van der Waals surface area contributed by atoms with Crippen molar-refractivity contribution in [2.24, 2.45) is 0 Å². The smallest absolute Gasteiger partial charge is 1.00 e. The number of anilines is 3. The molecule has 3 aromatic carbocycles. The van der Waals surface area contributed by atoms with Gasteiger partial charge >= 0.3 is 103 Å². The summed E-state index contributed by atoms with van der Waals surface area (Å²) in [5.74, 6) is 2.15. The molecule has 462 valence electrons. The third kappa shape index (κ3) is 20.8. The average molecular weight is 1350 g/mol. The van der Waals surface area contributed by atoms with Crippen molar-refractivity contribution in [2.75, 3.05) is 120 Å². The minimum absolute atomic E-state index is 0. The van der Waals surface area contributed by atoms with Crippen LogP contribution < -0.4 is 137 Å². The molecule has 0 atom stereocenters. The van der Waals surface area contributed by atoms with E-state index < -0.39 is 0 Å². The van der Waals surface area contributed by atoms with Crippen molar-refractivity contribution >= 4 is 121 Å². The van der Waals surface area contributed by atoms with Crippen LogP contribution in [0.25, 0.3) is 33.1 Å². The van der Waals surface area contributed by atoms with Crippen molar-refractivity contribution in [2.45, 2.75) is 20.5 Å². The Balaban J connectivity index is 0.000000259. The number of carbonyl (C=O) groups excluding carboxylic acids is 4. The van der Waals surface area contributed by atoms with E-state index in [-0.39, 0.29) is 155 Å². The van der Waals surface area contributed by atoms with E-state index in [0.717, 1.165) is 83.8 Å². The second-order valence-electron chi connectivity index (χ2n) is 19.2. The maximum absolute atomic E-state index is 12.7. The van der Waals surface area contributed by atoms with Gasteiger partial charge in [0.1, 0.15) is 36.2 Å². The fourth-order valence-electron chi connectivity index (χ4n) is 9.52. The van der Waals surface area contributed by atoms with Gasteiger partial charge in [-0.1, -0.05) is 42.2 Å². The standard InChI is InChI=1S/2C19H20ClN5O2.C13H16Cl2N2O2.C6H5N3.CH2O3.CH4.2K.H/c1-27-17-11-15(4-5-16(17)20)23-7-9-24(10-8-23)18(26)13-25-12-14-3-2-6-21-19(14)22-25;1-27-17-11-15(4-5-16(17)20)23-7-9-24(10-8-23)18(26)13-25-19-14(12-22-25)3-2-6-21-19;1-19-12-8-10(2-3-11(12)15)16-4-6-17(7-5-16)13(18)9-14;1-2-5-4-8-9-6(5)7-3-1;2-1-4-3;;;;/h2*2-6,11-12H,7-10,13H2,1H3;2-3,8H,4-7,9H2,1H3;1-4H,(H,7,8,9);1,3H;1H4;;;/q;;;;;;2*+1;-1/p-1. The van der Waals surface area contributed by atoms with Crippen molar-refractivity contribution in [3.63, 3.8) is 0 Å². The zero-order valence-corrected chi connectivity index (χ0v) is 58.5. The molecule has 0 aliphatic carbocycles. The van der Waals surface area contributed by atoms with Gasteiger partial charge in [0, 0.05) is 155 Å². The summed E-state index contributed by atoms with van der Waals surface area (Å²) in [5.41, 5.74) is 5.39. The van der Waals surface area contributed by atoms with Crippen molar-refractivity contribution in [1.82, 2.24) is 59.4 Å². The van der Waals surface area contributed by atoms with Crippen LogP contribution in [0.3, 0.4) is 0 Å². The number of ether oxygens (including phenoxy) is 3. The molecule has 3 aliphatic heterocycles. The number of carbonyl (C=O) groups is 4. The van der Waals surface area contributed by atoms with Crippen molar-refractivity contribution < 1.29 is 148 Å². The molecule has 3 aliphatic rings. The van der Waals surface area contributed by atoms with Gasteiger partial charge in [-0.25, -0.2) is 19.6 Å². The molecule has 30 heteroatoms. The van der Waals surface area contributed by atoms with Crippen LogP contribution in [0.15, 0.2) is 128 Å². The summed E-state index contributed by atoms with van der Waals surface area (Å²) in [6, 6.07) is 28.7. The minimum Gasteiger partial charge on any atom is -1.00 e. The molecule has 0 unspecified atom stereocenters. The number of amides is 3. The molecule has 9 aromatic rings. The number of aromatic nitrogens is 9. The summed E-state index contributed by atoms with van der Waals surface area (Å²) in [4.78, 5) is 72.8. The first kappa shape index (κ1) is 74.3. The molecule has 9 heterocycles. The van der Waals surface area contributed by atoms with Gasteiger partial charge in [-0.3, -0.25) is 29.0 Å². The SMILES string of the molecule is C.COc1cc(N2CCN(C(=O)CCl)CC2)ccc1Cl.COc1cc(N2CCN(C(=O)Cn3cc4cccnc4n3)CC2)ccc1Cl.COc1cc(N2CCN(C(=O)Cn3ncc4cccnc43)CC2)ccc1Cl.O=CO[O-].[H-].[K+].[K+].c1cnc2[nH]ncc2c1. The zero-order chi connectivity index (χ0) is 61.0. The van der Waals surface area contributed by atoms with E-state index in [1.54, 1.807) is 66.6 Å². The molecular formula is C59H67Cl4K2N15O9. The molecule has 24 nitrogen and oxygen atoms in total. The van der Waals surface area contributed by atoms with Gasteiger partial charge < -0.3 is 55.2 Å². The van der Waals surface area contributed by atoms with E-state index in [0.29, 0.717) is 77.2 Å². The van der Waals surface area contributed by atoms with Crippen LogP contribution in [-0.4, -0.2) is 189 Å². The molecule has 6 aromatic heterocycles. The van der Waals surface area contributed by atoms with E-state index >= 15 is 0 Å². The Bertz CT molecular complexity index is 3630. The topological polar surface area (TPSA) is 251 Å². The zero-order valence-electron chi connectivity index (χ0n) is 50.3. The summed E-state index contributed by atoms with van der Waals surface area (Å²) >= 11 is 23.8. The van der Waals surface area contributed by atoms with Crippen molar-refractivity contribution in [3.8, 4) is 17.2 Å². The van der Waals surface area contributed by atoms with Gasteiger partial charge in [-0.15, -0.1) is 11.6 Å². The number of piperazine rings is 3. The van der Waals surface area contributed by atoms with Crippen LogP contribution in [0.2, 0.25) is 15.1 Å². The molecule has 3 fully saturated rings. The number of methoxy groups -OCH3 is 3. The molecule has 1 N–H and O–H groups in total. The van der Waals surface area contributed by atoms with Gasteiger partial charge in [0.2, 0.25) is 17.7 Å². The minimum atomic E-state index is -0.181. The van der Waals surface area contributed by atoms with Crippen LogP contribution in [0.1, 0.15) is 8.85 Å². The molecule has 3 amide bonds. The molecular weight excluding hydrogens is 1280 g/mol. The normalized spacial score (nSPS) is 13.4. The molecule has 0 spiro atoms. The Morgan fingerprint density at radius 2 is 1.01 bits per heavy atom. The van der Waals surface area contributed by atoms with E-state index in [9.17, 15) is 14.4 Å². The molecule has 12 rings (SSSR count). The van der Waals surface area contributed by atoms with Gasteiger partial charge in [-0.05, 0) is 72.8 Å². The summed E-state index contributed by atoms with van der Waals surface area (Å²) in [6.07, 6.45) is 10.5. The van der Waals surface area contributed by atoms with E-state index in [4.69, 9.17) is 70.7 Å². The molecule has 89 heavy (non-hydrogen) atoms. The number of nitrogens with one attached hydrogen (secondary N) is 1. The number of alkyl halides is 1. The number of H-pyrrole nitrogens is 1. The van der Waals surface area contributed by atoms with Crippen LogP contribution >= 0.6 is 46.4 Å². The van der Waals surface area contributed by atoms with Crippen LogP contribution in [0, 0.1) is 0 Å². The summed E-state index contributed by atoms with van der Waals surface area (Å²) < 4.78 is 19.1. The molecule has 0 radical (unpaired) electrons. The predicted octanol–water partition coefficient (Wildman–Crippen LogP) is 1.27. The monoisotopic (exact) mass is 1350 g/mol. The van der Waals surface area contributed by atoms with E-state index in [2.05, 4.69) is 54.9 Å². The summed E-state index contributed by atoms with van der Waals surface area (Å²) in [7, 11) is 4.81. The number of hydrogen-bond donors (Lipinski definition) is 1. The Labute approximate surface area is 621 Å². The first-order chi connectivity index (χ1) is 41.8. The fraction of sp³-hybridized carbons (Fsp3) is 0.322. The Kier molecular flexibility index (Phi) is 31.6. The number of nitrogens with zero attached hydrogens (tertiary/aromatic N) is 14. The average Bonchev–Trinajstić information content (AvgIpc) is 3.61. The largest absolute Gasteiger partial charge is 1.00 e. The Hall–Kier alpha value is -5.41. The second kappa shape index (κ2) is 37.8. The summed E-state index contributed by atoms with van der Waals surface area (Å²) in [5, 5.41) is 28.4. The third-order valence-electron chi connectivity index (χ3n) is 14.1. The number of halogens is 4. The number of aromatic amines is 1. The number of benzene rings is 3. The Morgan fingerprint density at radius 1 is 0.584 bits per heavy atom. The maximum Gasteiger partial charge on any atom is 1.00 e. The molecule has 0 saturated carbocycles. The van der Waals surface area contributed by atoms with Crippen LogP contribution in [-0.2, 0) is 37.2 Å². The second-order valence-corrected chi connectivity index (χ2v) is 20.6. The quantitative estimate of drug-likeness (QED) is 0.0595. The fourth-order valence-corrected chi connectivity index (χ4v) is 10.3. The number of pyridine rings is 3. The van der Waals surface area contributed by atoms with Crippen molar-refractivity contribution in [1.29, 1.82) is 0 Å². The van der Waals surface area contributed by atoms with Crippen LogP contribution in [0.5, 0.6) is 17.2 Å². The molecule has 3 saturated heterocycles. The Morgan fingerprint density at radius 3 is 1.45 bits per heavy atom. The third-order valence-corrected chi connectivity index (χ3v) is 15.2. The number of fused-ring (bicyclic) bond motifs is 3. The first-order valence-electron chi connectivity index (χ1n) is 27.0. The van der Waals surface area contributed by atoms with E-state index in [1.165, 1.54) is 0 Å². The van der Waals surface area contributed by atoms with Gasteiger partial charge in [0.05, 0.1) is 48.8 Å². The first-order valence-corrected chi connectivity index (χ1v) is 28.7. The van der Waals surface area contributed by atoms with E-state index in [1.807, 2.05) is 107 Å². The van der Waals surface area contributed by atoms with Crippen LogP contribution in [0.4, 0.5) is 17.1 Å². The predicted molar refractivity (Wildman–Crippen MR) is 335 cm³/mol. The van der Waals surface area contributed by atoms with Gasteiger partial charge in [-0.2, -0.15) is 15.3 Å². The van der Waals surface area contributed by atoms with Crippen molar-refractivity contribution in [3.05, 3.63) is 143 Å². The van der Waals surface area contributed by atoms with Gasteiger partial charge in [0.15, 0.2) is 16.9 Å². The number of hydrogen-bond acceptors (Lipinski definition) is 18. The molecule has 0 bridgehead atoms. The maximum atomic E-state index is 12.7.